The maximum atomic E-state index is 13.1. The second-order valence-electron chi connectivity index (χ2n) is 33.9. The molecule has 146 heavy (non-hydrogen) atoms. The average Bonchev–Trinajstić information content (AvgIpc) is 0.906. The highest BCUT2D eigenvalue weighted by molar-refractivity contribution is 7.99. The van der Waals surface area contributed by atoms with E-state index in [1.54, 1.807) is 0 Å². The fourth-order valence-electron chi connectivity index (χ4n) is 13.1. The van der Waals surface area contributed by atoms with Gasteiger partial charge < -0.3 is 174 Å². The van der Waals surface area contributed by atoms with E-state index >= 15 is 0 Å². The number of esters is 2. The molecule has 0 aliphatic rings. The number of aliphatic hydroxyl groups excluding tert-OH is 1. The van der Waals surface area contributed by atoms with Gasteiger partial charge in [0, 0.05) is 43.7 Å². The monoisotopic (exact) mass is 2130 g/mol. The van der Waals surface area contributed by atoms with Gasteiger partial charge in [0.25, 0.3) is 0 Å². The van der Waals surface area contributed by atoms with Crippen LogP contribution in [0.4, 0.5) is 0 Å². The normalized spacial score (nSPS) is 12.2. The number of nitrogens with two attached hydrogens (primary N) is 1. The lowest BCUT2D eigenvalue weighted by molar-refractivity contribution is -0.150. The molecule has 3 amide bonds. The highest BCUT2D eigenvalue weighted by atomic mass is 32.2. The molecule has 0 fully saturated rings. The summed E-state index contributed by atoms with van der Waals surface area (Å²) in [4.78, 5) is 73.5. The summed E-state index contributed by atoms with van der Waals surface area (Å²) < 4.78 is 166. The summed E-state index contributed by atoms with van der Waals surface area (Å²) in [5, 5.41) is 26.0. The van der Waals surface area contributed by atoms with Crippen molar-refractivity contribution in [3.05, 3.63) is 0 Å². The molecule has 0 aromatic heterocycles. The number of rotatable bonds is 129. The minimum absolute atomic E-state index is 0.0898. The zero-order valence-corrected chi connectivity index (χ0v) is 90.7. The second kappa shape index (κ2) is 124. The molecule has 0 heterocycles. The standard InChI is InChI=1S/C103H200N4O38S/c1-3-5-7-9-11-13-15-17-19-21-23-25-27-29-100(112)144-35-31-95(145-101(113)30-28-26-24-22-20-18-16-14-12-10-8-6-4-2)93-146-94-96(104)102(114)107-97(92-108)103(115)105-33-36-117-38-40-119-42-44-121-46-48-123-50-52-125-54-56-127-58-60-129-62-64-131-66-68-133-70-72-135-74-76-137-78-80-139-82-84-141-86-88-143-90-89-142-87-85-140-83-81-138-79-77-136-75-73-134-71-69-132-67-65-130-63-61-128-59-57-126-55-53-124-51-49-122-47-45-120-43-41-118-39-37-116-34-32-98(109)106-91-99(110)111/h95-97,108H,3-94,104H2,1-2H3,(H,105,115)(H,106,109)(H,107,114)(H,110,111)/t95-,96+,97+/m1/s1. The number of carbonyl (C=O) groups is 6. The zero-order chi connectivity index (χ0) is 105. The lowest BCUT2D eigenvalue weighted by Crippen LogP contribution is -2.54. The van der Waals surface area contributed by atoms with Gasteiger partial charge in [-0.2, -0.15) is 11.8 Å². The summed E-state index contributed by atoms with van der Waals surface area (Å²) in [6.07, 6.45) is 32.2. The third kappa shape index (κ3) is 119. The van der Waals surface area contributed by atoms with E-state index in [0.29, 0.717) is 375 Å². The molecule has 0 aliphatic carbocycles. The summed E-state index contributed by atoms with van der Waals surface area (Å²) in [7, 11) is 0. The first-order valence-electron chi connectivity index (χ1n) is 54.6. The Morgan fingerprint density at radius 3 is 0.705 bits per heavy atom. The van der Waals surface area contributed by atoms with Crippen LogP contribution in [0.3, 0.4) is 0 Å². The molecule has 0 saturated carbocycles. The van der Waals surface area contributed by atoms with Gasteiger partial charge in [-0.25, -0.2) is 0 Å². The highest BCUT2D eigenvalue weighted by Crippen LogP contribution is 2.18. The van der Waals surface area contributed by atoms with Gasteiger partial charge in [0.05, 0.1) is 389 Å². The molecule has 0 aromatic carbocycles. The van der Waals surface area contributed by atoms with Gasteiger partial charge in [-0.3, -0.25) is 28.8 Å². The SMILES string of the molecule is CCCCCCCCCCCCCCCC(=O)OCC[C@H](CSC[C@H](N)C(=O)N[C@@H](CO)C(=O)NCCOCCOCCOCCOCCOCCOCCOCCOCCOCCOCCOCCOCCOCCOCCOCCOCCOCCOCCOCCOCCOCCOCCOCCOCCOCCOCCOCCOCCC(=O)NCC(=O)O)OC(=O)CCCCCCCCCCCCCCC. The molecule has 0 bridgehead atoms. The first-order valence-corrected chi connectivity index (χ1v) is 55.7. The van der Waals surface area contributed by atoms with Crippen molar-refractivity contribution >= 4 is 47.4 Å². The van der Waals surface area contributed by atoms with Crippen LogP contribution < -0.4 is 21.7 Å². The average molecular weight is 2130 g/mol. The van der Waals surface area contributed by atoms with Crippen LogP contribution in [-0.4, -0.2) is 472 Å². The predicted octanol–water partition coefficient (Wildman–Crippen LogP) is 8.50. The number of thioether (sulfide) groups is 1. The van der Waals surface area contributed by atoms with Crippen LogP contribution in [0.2, 0.25) is 0 Å². The lowest BCUT2D eigenvalue weighted by atomic mass is 10.0. The maximum Gasteiger partial charge on any atom is 0.322 e. The molecule has 0 radical (unpaired) electrons. The Kier molecular flexibility index (Phi) is 121. The number of carbonyl (C=O) groups excluding carboxylic acids is 5. The molecule has 43 heteroatoms. The Labute approximate surface area is 878 Å². The van der Waals surface area contributed by atoms with Crippen molar-refractivity contribution in [1.82, 2.24) is 16.0 Å². The van der Waals surface area contributed by atoms with Crippen LogP contribution >= 0.6 is 11.8 Å². The molecule has 866 valence electrons. The number of nitrogens with one attached hydrogen (secondary N) is 3. The zero-order valence-electron chi connectivity index (χ0n) is 89.9. The van der Waals surface area contributed by atoms with Gasteiger partial charge in [0.2, 0.25) is 17.7 Å². The summed E-state index contributed by atoms with van der Waals surface area (Å²) in [5.74, 6) is -2.71. The summed E-state index contributed by atoms with van der Waals surface area (Å²) in [6.45, 7) is 27.8. The van der Waals surface area contributed by atoms with E-state index in [2.05, 4.69) is 29.8 Å². The molecule has 0 aliphatic heterocycles. The predicted molar refractivity (Wildman–Crippen MR) is 552 cm³/mol. The lowest BCUT2D eigenvalue weighted by Gasteiger charge is -2.20. The van der Waals surface area contributed by atoms with E-state index in [4.69, 9.17) is 153 Å². The van der Waals surface area contributed by atoms with E-state index in [1.807, 2.05) is 0 Å². The number of amides is 3. The molecule has 0 rings (SSSR count). The molecule has 0 saturated heterocycles. The van der Waals surface area contributed by atoms with E-state index in [9.17, 15) is 33.9 Å². The van der Waals surface area contributed by atoms with Gasteiger partial charge in [-0.15, -0.1) is 0 Å². The van der Waals surface area contributed by atoms with Gasteiger partial charge >= 0.3 is 17.9 Å². The summed E-state index contributed by atoms with van der Waals surface area (Å²) >= 11 is 1.33. The van der Waals surface area contributed by atoms with Crippen molar-refractivity contribution in [2.45, 2.75) is 225 Å². The van der Waals surface area contributed by atoms with Crippen molar-refractivity contribution in [3.8, 4) is 0 Å². The van der Waals surface area contributed by atoms with Crippen molar-refractivity contribution in [1.29, 1.82) is 0 Å². The largest absolute Gasteiger partial charge is 0.480 e. The number of hydrogen-bond acceptors (Lipinski definition) is 39. The van der Waals surface area contributed by atoms with E-state index < -0.39 is 49.1 Å². The van der Waals surface area contributed by atoms with Crippen molar-refractivity contribution < 1.29 is 181 Å². The van der Waals surface area contributed by atoms with Crippen LogP contribution in [0.5, 0.6) is 0 Å². The van der Waals surface area contributed by atoms with Crippen LogP contribution in [0.1, 0.15) is 206 Å². The number of unbranched alkanes of at least 4 members (excludes halogenated alkanes) is 24. The Hall–Kier alpha value is -4.03. The summed E-state index contributed by atoms with van der Waals surface area (Å²) in [6, 6.07) is -2.23. The molecule has 7 N–H and O–H groups in total. The molecule has 0 unspecified atom stereocenters. The Morgan fingerprint density at radius 1 is 0.253 bits per heavy atom. The third-order valence-electron chi connectivity index (χ3n) is 21.2. The van der Waals surface area contributed by atoms with E-state index in [-0.39, 0.29) is 63.0 Å². The van der Waals surface area contributed by atoms with Crippen molar-refractivity contribution in [2.24, 2.45) is 5.73 Å². The smallest absolute Gasteiger partial charge is 0.322 e. The number of aliphatic hydroxyl groups is 1. The number of ether oxygens (including phenoxy) is 30. The highest BCUT2D eigenvalue weighted by Gasteiger charge is 2.25. The number of carboxylic acid groups (broad SMARTS) is 1. The molecular formula is C103H200N4O38S. The summed E-state index contributed by atoms with van der Waals surface area (Å²) in [5.41, 5.74) is 6.25. The van der Waals surface area contributed by atoms with Crippen molar-refractivity contribution in [3.63, 3.8) is 0 Å². The third-order valence-corrected chi connectivity index (χ3v) is 22.4. The van der Waals surface area contributed by atoms with Gasteiger partial charge in [0.1, 0.15) is 18.7 Å². The molecule has 0 aromatic rings. The first kappa shape index (κ1) is 142. The Morgan fingerprint density at radius 2 is 0.473 bits per heavy atom. The van der Waals surface area contributed by atoms with Gasteiger partial charge in [-0.05, 0) is 12.8 Å². The van der Waals surface area contributed by atoms with E-state index in [0.717, 1.165) is 38.5 Å². The quantitative estimate of drug-likeness (QED) is 0.0245. The van der Waals surface area contributed by atoms with Crippen LogP contribution in [0, 0.1) is 0 Å². The fraction of sp³-hybridized carbons (Fsp3) is 0.942. The fourth-order valence-corrected chi connectivity index (χ4v) is 14.1. The van der Waals surface area contributed by atoms with Gasteiger partial charge in [0.15, 0.2) is 0 Å². The maximum absolute atomic E-state index is 13.1. The van der Waals surface area contributed by atoms with Gasteiger partial charge in [-0.1, -0.05) is 168 Å². The molecule has 42 nitrogen and oxygen atoms in total. The second-order valence-corrected chi connectivity index (χ2v) is 34.9. The van der Waals surface area contributed by atoms with Crippen molar-refractivity contribution in [2.75, 3.05) is 408 Å². The van der Waals surface area contributed by atoms with Crippen LogP contribution in [0.25, 0.3) is 0 Å². The molecule has 3 atom stereocenters. The Balaban J connectivity index is 3.55. The van der Waals surface area contributed by atoms with Crippen LogP contribution in [-0.2, 0) is 171 Å². The molecular weight excluding hydrogens is 1930 g/mol. The van der Waals surface area contributed by atoms with Crippen LogP contribution in [0.15, 0.2) is 0 Å². The minimum atomic E-state index is -1.22. The minimum Gasteiger partial charge on any atom is -0.480 e. The number of hydrogen-bond donors (Lipinski definition) is 6. The Bertz CT molecular complexity index is 2670. The number of aliphatic carboxylic acids is 1. The van der Waals surface area contributed by atoms with E-state index in [1.165, 1.54) is 140 Å². The molecule has 0 spiro atoms. The first-order chi connectivity index (χ1) is 72.0. The topological polar surface area (TPSA) is 482 Å². The number of carboxylic acids is 1.